The van der Waals surface area contributed by atoms with Crippen LogP contribution in [0.4, 0.5) is 11.5 Å². The van der Waals surface area contributed by atoms with Crippen molar-refractivity contribution >= 4 is 29.2 Å². The SMILES string of the molecule is Nc1cc(=O)[nH]c(Sc2ccc(C(=O)O)cc2N)n1. The summed E-state index contributed by atoms with van der Waals surface area (Å²) in [6.07, 6.45) is 0. The minimum absolute atomic E-state index is 0.0934. The van der Waals surface area contributed by atoms with E-state index < -0.39 is 5.97 Å². The van der Waals surface area contributed by atoms with E-state index >= 15 is 0 Å². The third-order valence-electron chi connectivity index (χ3n) is 2.20. The van der Waals surface area contributed by atoms with E-state index in [4.69, 9.17) is 16.6 Å². The van der Waals surface area contributed by atoms with Gasteiger partial charge in [-0.2, -0.15) is 0 Å². The summed E-state index contributed by atoms with van der Waals surface area (Å²) in [6, 6.07) is 5.48. The number of carboxylic acid groups (broad SMARTS) is 1. The number of carbonyl (C=O) groups is 1. The van der Waals surface area contributed by atoms with Crippen LogP contribution in [0.25, 0.3) is 0 Å². The summed E-state index contributed by atoms with van der Waals surface area (Å²) in [4.78, 5) is 29.0. The fourth-order valence-electron chi connectivity index (χ4n) is 1.38. The summed E-state index contributed by atoms with van der Waals surface area (Å²) < 4.78 is 0. The molecule has 0 spiro atoms. The van der Waals surface area contributed by atoms with Crippen molar-refractivity contribution in [3.8, 4) is 0 Å². The molecule has 0 fully saturated rings. The van der Waals surface area contributed by atoms with Gasteiger partial charge in [0.05, 0.1) is 5.56 Å². The summed E-state index contributed by atoms with van der Waals surface area (Å²) in [5.74, 6) is -0.953. The lowest BCUT2D eigenvalue weighted by molar-refractivity contribution is 0.0697. The number of rotatable bonds is 3. The van der Waals surface area contributed by atoms with Gasteiger partial charge in [0.25, 0.3) is 5.56 Å². The quantitative estimate of drug-likeness (QED) is 0.481. The largest absolute Gasteiger partial charge is 0.478 e. The zero-order chi connectivity index (χ0) is 14.0. The Morgan fingerprint density at radius 2 is 2.05 bits per heavy atom. The molecule has 1 aromatic carbocycles. The minimum Gasteiger partial charge on any atom is -0.478 e. The molecule has 0 radical (unpaired) electrons. The molecule has 0 saturated heterocycles. The van der Waals surface area contributed by atoms with E-state index in [-0.39, 0.29) is 22.6 Å². The Labute approximate surface area is 111 Å². The van der Waals surface area contributed by atoms with E-state index in [1.54, 1.807) is 6.07 Å². The van der Waals surface area contributed by atoms with Crippen molar-refractivity contribution in [2.24, 2.45) is 0 Å². The third-order valence-corrected chi connectivity index (χ3v) is 3.18. The van der Waals surface area contributed by atoms with E-state index in [1.807, 2.05) is 0 Å². The Hall–Kier alpha value is -2.48. The van der Waals surface area contributed by atoms with Crippen molar-refractivity contribution in [3.05, 3.63) is 40.2 Å². The molecule has 0 aliphatic heterocycles. The van der Waals surface area contributed by atoms with Crippen LogP contribution >= 0.6 is 11.8 Å². The molecule has 1 aromatic heterocycles. The normalized spacial score (nSPS) is 10.3. The summed E-state index contributed by atoms with van der Waals surface area (Å²) in [5, 5.41) is 9.12. The molecular weight excluding hydrogens is 268 g/mol. The lowest BCUT2D eigenvalue weighted by atomic mass is 10.2. The van der Waals surface area contributed by atoms with Crippen LogP contribution in [-0.4, -0.2) is 21.0 Å². The Kier molecular flexibility index (Phi) is 3.43. The van der Waals surface area contributed by atoms with Crippen LogP contribution in [0.1, 0.15) is 10.4 Å². The predicted octanol–water partition coefficient (Wildman–Crippen LogP) is 0.784. The molecule has 0 saturated carbocycles. The predicted molar refractivity (Wildman–Crippen MR) is 71.2 cm³/mol. The highest BCUT2D eigenvalue weighted by Crippen LogP contribution is 2.30. The maximum Gasteiger partial charge on any atom is 0.335 e. The molecule has 98 valence electrons. The highest BCUT2D eigenvalue weighted by atomic mass is 32.2. The van der Waals surface area contributed by atoms with Crippen LogP contribution in [0.5, 0.6) is 0 Å². The second kappa shape index (κ2) is 5.02. The van der Waals surface area contributed by atoms with E-state index in [1.165, 1.54) is 18.2 Å². The first-order valence-corrected chi connectivity index (χ1v) is 5.95. The van der Waals surface area contributed by atoms with Crippen LogP contribution in [0.2, 0.25) is 0 Å². The number of nitrogen functional groups attached to an aromatic ring is 2. The summed E-state index contributed by atoms with van der Waals surface area (Å²) in [6.45, 7) is 0. The minimum atomic E-state index is -1.06. The van der Waals surface area contributed by atoms with E-state index in [0.29, 0.717) is 10.1 Å². The lowest BCUT2D eigenvalue weighted by Gasteiger charge is -2.05. The average molecular weight is 278 g/mol. The second-order valence-electron chi connectivity index (χ2n) is 3.64. The fourth-order valence-corrected chi connectivity index (χ4v) is 2.20. The van der Waals surface area contributed by atoms with Gasteiger partial charge in [-0.15, -0.1) is 0 Å². The molecule has 0 amide bonds. The number of nitrogens with two attached hydrogens (primary N) is 2. The topological polar surface area (TPSA) is 135 Å². The van der Waals surface area contributed by atoms with Crippen molar-refractivity contribution < 1.29 is 9.90 Å². The Morgan fingerprint density at radius 3 is 2.63 bits per heavy atom. The Balaban J connectivity index is 2.33. The highest BCUT2D eigenvalue weighted by molar-refractivity contribution is 7.99. The molecular formula is C11H10N4O3S. The van der Waals surface area contributed by atoms with Crippen molar-refractivity contribution in [1.82, 2.24) is 9.97 Å². The molecule has 7 nitrogen and oxygen atoms in total. The number of aromatic nitrogens is 2. The van der Waals surface area contributed by atoms with E-state index in [0.717, 1.165) is 11.8 Å². The first-order valence-electron chi connectivity index (χ1n) is 5.13. The van der Waals surface area contributed by atoms with E-state index in [2.05, 4.69) is 9.97 Å². The molecule has 1 heterocycles. The Bertz CT molecular complexity index is 699. The van der Waals surface area contributed by atoms with Crippen LogP contribution in [0, 0.1) is 0 Å². The van der Waals surface area contributed by atoms with Gasteiger partial charge in [-0.1, -0.05) is 0 Å². The number of benzene rings is 1. The van der Waals surface area contributed by atoms with Crippen LogP contribution in [0.15, 0.2) is 39.1 Å². The molecule has 0 aliphatic carbocycles. The Morgan fingerprint density at radius 1 is 1.32 bits per heavy atom. The van der Waals surface area contributed by atoms with Gasteiger partial charge in [-0.05, 0) is 30.0 Å². The van der Waals surface area contributed by atoms with Gasteiger partial charge in [0.1, 0.15) is 5.82 Å². The van der Waals surface area contributed by atoms with Gasteiger partial charge < -0.3 is 21.6 Å². The lowest BCUT2D eigenvalue weighted by Crippen LogP contribution is -2.09. The zero-order valence-electron chi connectivity index (χ0n) is 9.58. The fraction of sp³-hybridized carbons (Fsp3) is 0. The van der Waals surface area contributed by atoms with Gasteiger partial charge in [-0.25, -0.2) is 9.78 Å². The van der Waals surface area contributed by atoms with Gasteiger partial charge in [0.2, 0.25) is 0 Å². The van der Waals surface area contributed by atoms with Crippen molar-refractivity contribution in [3.63, 3.8) is 0 Å². The number of anilines is 2. The van der Waals surface area contributed by atoms with E-state index in [9.17, 15) is 9.59 Å². The molecule has 0 aliphatic rings. The number of nitrogens with zero attached hydrogens (tertiary/aromatic N) is 1. The maximum atomic E-state index is 11.2. The monoisotopic (exact) mass is 278 g/mol. The van der Waals surface area contributed by atoms with Crippen LogP contribution in [-0.2, 0) is 0 Å². The van der Waals surface area contributed by atoms with Gasteiger partial charge in [0.15, 0.2) is 5.16 Å². The number of aromatic carboxylic acids is 1. The highest BCUT2D eigenvalue weighted by Gasteiger charge is 2.09. The van der Waals surface area contributed by atoms with Gasteiger partial charge in [-0.3, -0.25) is 4.79 Å². The standard InChI is InChI=1S/C11H10N4O3S/c12-6-3-5(10(17)18)1-2-7(6)19-11-14-8(13)4-9(16)15-11/h1-4H,12H2,(H,17,18)(H3,13,14,15,16). The summed E-state index contributed by atoms with van der Waals surface area (Å²) in [7, 11) is 0. The molecule has 19 heavy (non-hydrogen) atoms. The zero-order valence-corrected chi connectivity index (χ0v) is 10.4. The molecule has 6 N–H and O–H groups in total. The molecule has 0 unspecified atom stereocenters. The number of aromatic amines is 1. The van der Waals surface area contributed by atoms with Gasteiger partial charge in [0, 0.05) is 16.6 Å². The van der Waals surface area contributed by atoms with Crippen LogP contribution < -0.4 is 17.0 Å². The van der Waals surface area contributed by atoms with Crippen molar-refractivity contribution in [2.75, 3.05) is 11.5 Å². The number of hydrogen-bond donors (Lipinski definition) is 4. The second-order valence-corrected chi connectivity index (χ2v) is 4.67. The number of nitrogens with one attached hydrogen (secondary N) is 1. The molecule has 0 atom stereocenters. The first-order chi connectivity index (χ1) is 8.95. The summed E-state index contributed by atoms with van der Waals surface area (Å²) in [5.41, 5.74) is 11.2. The average Bonchev–Trinajstić information content (AvgIpc) is 2.30. The number of H-pyrrole nitrogens is 1. The van der Waals surface area contributed by atoms with Crippen molar-refractivity contribution in [2.45, 2.75) is 10.1 Å². The number of carboxylic acids is 1. The molecule has 2 rings (SSSR count). The summed E-state index contributed by atoms with van der Waals surface area (Å²) >= 11 is 1.10. The van der Waals surface area contributed by atoms with Crippen molar-refractivity contribution in [1.29, 1.82) is 0 Å². The molecule has 2 aromatic rings. The smallest absolute Gasteiger partial charge is 0.335 e. The molecule has 8 heteroatoms. The number of hydrogen-bond acceptors (Lipinski definition) is 6. The maximum absolute atomic E-state index is 11.2. The third kappa shape index (κ3) is 3.05. The van der Waals surface area contributed by atoms with Gasteiger partial charge >= 0.3 is 5.97 Å². The van der Waals surface area contributed by atoms with Crippen LogP contribution in [0.3, 0.4) is 0 Å². The first kappa shape index (κ1) is 13.0. The molecule has 0 bridgehead atoms.